The Bertz CT molecular complexity index is 1520. The number of carbonyl (C=O) groups excluding carboxylic acids is 1. The average Bonchev–Trinajstić information content (AvgIpc) is 3.45. The van der Waals surface area contributed by atoms with E-state index in [1.54, 1.807) is 36.5 Å². The highest BCUT2D eigenvalue weighted by molar-refractivity contribution is 5.82. The van der Waals surface area contributed by atoms with E-state index in [0.29, 0.717) is 47.5 Å². The van der Waals surface area contributed by atoms with Crippen molar-refractivity contribution in [2.24, 2.45) is 5.41 Å². The van der Waals surface area contributed by atoms with E-state index in [4.69, 9.17) is 14.5 Å². The Morgan fingerprint density at radius 2 is 1.70 bits per heavy atom. The second-order valence-corrected chi connectivity index (χ2v) is 11.0. The van der Waals surface area contributed by atoms with Gasteiger partial charge in [-0.05, 0) is 82.0 Å². The van der Waals surface area contributed by atoms with Crippen LogP contribution in [0.4, 0.5) is 14.7 Å². The molecule has 4 aromatic rings. The predicted octanol–water partition coefficient (Wildman–Crippen LogP) is 4.54. The summed E-state index contributed by atoms with van der Waals surface area (Å²) in [7, 11) is 3.98. The molecule has 1 aliphatic rings. The molecule has 1 saturated heterocycles. The number of amides is 1. The van der Waals surface area contributed by atoms with Gasteiger partial charge in [0.1, 0.15) is 11.6 Å². The molecule has 1 amide bonds. The van der Waals surface area contributed by atoms with E-state index in [0.717, 1.165) is 18.5 Å². The molecule has 12 heteroatoms. The van der Waals surface area contributed by atoms with Gasteiger partial charge < -0.3 is 30.0 Å². The monoisotopic (exact) mass is 591 g/mol. The van der Waals surface area contributed by atoms with Crippen molar-refractivity contribution in [3.63, 3.8) is 0 Å². The molecule has 2 aromatic heterocycles. The summed E-state index contributed by atoms with van der Waals surface area (Å²) in [5.74, 6) is -0.0466. The van der Waals surface area contributed by atoms with Gasteiger partial charge >= 0.3 is 0 Å². The third-order valence-corrected chi connectivity index (χ3v) is 7.06. The second-order valence-electron chi connectivity index (χ2n) is 11.0. The Kier molecular flexibility index (Phi) is 9.39. The van der Waals surface area contributed by atoms with Gasteiger partial charge in [0.2, 0.25) is 18.1 Å². The van der Waals surface area contributed by atoms with Gasteiger partial charge in [-0.1, -0.05) is 12.1 Å². The summed E-state index contributed by atoms with van der Waals surface area (Å²) in [6.07, 6.45) is 1.61. The van der Waals surface area contributed by atoms with Gasteiger partial charge in [0.05, 0.1) is 35.7 Å². The highest BCUT2D eigenvalue weighted by Crippen LogP contribution is 2.35. The number of H-pyrrole nitrogens is 1. The molecule has 1 fully saturated rings. The van der Waals surface area contributed by atoms with Crippen molar-refractivity contribution in [2.75, 3.05) is 45.7 Å². The fourth-order valence-corrected chi connectivity index (χ4v) is 4.58. The van der Waals surface area contributed by atoms with Crippen LogP contribution in [0, 0.1) is 17.0 Å². The lowest BCUT2D eigenvalue weighted by Gasteiger charge is -2.35. The van der Waals surface area contributed by atoms with Crippen molar-refractivity contribution < 1.29 is 23.0 Å². The molecule has 10 nitrogen and oxygen atoms in total. The first-order valence-electron chi connectivity index (χ1n) is 14.0. The minimum atomic E-state index is -0.847. The van der Waals surface area contributed by atoms with E-state index in [1.165, 1.54) is 24.3 Å². The number of nitrogens with one attached hydrogen (secondary N) is 3. The van der Waals surface area contributed by atoms with Gasteiger partial charge in [0.15, 0.2) is 5.82 Å². The molecule has 0 aliphatic carbocycles. The number of nitrogens with zero attached hydrogens (tertiary/aromatic N) is 4. The molecule has 0 bridgehead atoms. The molecule has 0 spiro atoms. The highest BCUT2D eigenvalue weighted by atomic mass is 19.1. The number of rotatable bonds is 11. The van der Waals surface area contributed by atoms with Crippen molar-refractivity contribution in [3.8, 4) is 22.6 Å². The summed E-state index contributed by atoms with van der Waals surface area (Å²) in [5.41, 5.74) is 2.31. The largest absolute Gasteiger partial charge is 0.355 e. The smallest absolute Gasteiger partial charge is 0.230 e. The summed E-state index contributed by atoms with van der Waals surface area (Å²) in [5, 5.41) is 6.13. The van der Waals surface area contributed by atoms with Crippen LogP contribution in [0.3, 0.4) is 0 Å². The highest BCUT2D eigenvalue weighted by Gasteiger charge is 2.40. The third kappa shape index (κ3) is 7.58. The molecular formula is C31H35F2N7O3. The molecule has 0 radical (unpaired) electrons. The molecule has 0 saturated carbocycles. The van der Waals surface area contributed by atoms with E-state index in [-0.39, 0.29) is 30.8 Å². The van der Waals surface area contributed by atoms with Crippen molar-refractivity contribution >= 4 is 11.9 Å². The lowest BCUT2D eigenvalue weighted by molar-refractivity contribution is -0.231. The van der Waals surface area contributed by atoms with Crippen LogP contribution >= 0.6 is 0 Å². The first-order chi connectivity index (χ1) is 20.7. The third-order valence-electron chi connectivity index (χ3n) is 7.06. The minimum absolute atomic E-state index is 0.126. The summed E-state index contributed by atoms with van der Waals surface area (Å²) >= 11 is 0. The van der Waals surface area contributed by atoms with E-state index >= 15 is 0 Å². The fraction of sp³-hybridized carbons (Fsp3) is 0.355. The molecule has 0 unspecified atom stereocenters. The maximum Gasteiger partial charge on any atom is 0.230 e. The van der Waals surface area contributed by atoms with E-state index < -0.39 is 11.7 Å². The number of hydrogen-bond donors (Lipinski definition) is 3. The van der Waals surface area contributed by atoms with Crippen LogP contribution in [-0.4, -0.2) is 71.1 Å². The quantitative estimate of drug-likeness (QED) is 0.218. The van der Waals surface area contributed by atoms with Crippen LogP contribution in [0.2, 0.25) is 0 Å². The minimum Gasteiger partial charge on any atom is -0.355 e. The maximum atomic E-state index is 13.7. The fourth-order valence-electron chi connectivity index (χ4n) is 4.58. The Morgan fingerprint density at radius 3 is 2.37 bits per heavy atom. The summed E-state index contributed by atoms with van der Waals surface area (Å²) < 4.78 is 39.0. The topological polar surface area (TPSA) is 117 Å². The maximum absolute atomic E-state index is 13.7. The number of hydrogen-bond acceptors (Lipinski definition) is 8. The van der Waals surface area contributed by atoms with Crippen molar-refractivity contribution in [2.45, 2.75) is 26.2 Å². The van der Waals surface area contributed by atoms with Crippen LogP contribution in [0.1, 0.15) is 31.0 Å². The first-order valence-corrected chi connectivity index (χ1v) is 14.0. The zero-order chi connectivity index (χ0) is 30.4. The van der Waals surface area contributed by atoms with Gasteiger partial charge in [-0.25, -0.2) is 23.7 Å². The van der Waals surface area contributed by atoms with E-state index in [2.05, 4.69) is 30.5 Å². The average molecular weight is 592 g/mol. The molecule has 3 N–H and O–H groups in total. The zero-order valence-corrected chi connectivity index (χ0v) is 24.4. The number of halogens is 2. The Morgan fingerprint density at radius 1 is 1.02 bits per heavy atom. The number of anilines is 1. The Hall–Kier alpha value is -4.26. The molecule has 0 atom stereocenters. The van der Waals surface area contributed by atoms with Gasteiger partial charge in [0, 0.05) is 24.8 Å². The number of benzene rings is 2. The predicted molar refractivity (Wildman–Crippen MR) is 158 cm³/mol. The van der Waals surface area contributed by atoms with Crippen molar-refractivity contribution in [1.29, 1.82) is 0 Å². The summed E-state index contributed by atoms with van der Waals surface area (Å²) in [6.45, 7) is 3.94. The van der Waals surface area contributed by atoms with Crippen LogP contribution in [0.5, 0.6) is 0 Å². The van der Waals surface area contributed by atoms with Crippen LogP contribution in [0.25, 0.3) is 22.6 Å². The standard InChI is InChI=1S/C31H35F2N7O3/c1-31(29(41)34-14-4-16-40(2)3)18-42-28(43-19-31)27-38-25(21-7-11-23(33)12-8-21)26(39-27)24-13-15-35-30(37-24)36-17-20-5-9-22(32)10-6-20/h5-13,15,28H,4,14,16-19H2,1-3H3,(H,34,41)(H,38,39)(H,35,36,37). The number of aromatic nitrogens is 4. The van der Waals surface area contributed by atoms with Crippen LogP contribution in [0.15, 0.2) is 60.8 Å². The van der Waals surface area contributed by atoms with Crippen LogP contribution in [-0.2, 0) is 20.8 Å². The number of ether oxygens (including phenoxy) is 2. The summed E-state index contributed by atoms with van der Waals surface area (Å²) in [4.78, 5) is 31.9. The van der Waals surface area contributed by atoms with E-state index in [9.17, 15) is 13.6 Å². The van der Waals surface area contributed by atoms with Crippen LogP contribution < -0.4 is 10.6 Å². The van der Waals surface area contributed by atoms with Gasteiger partial charge in [0.25, 0.3) is 0 Å². The first kappa shape index (κ1) is 30.2. The zero-order valence-electron chi connectivity index (χ0n) is 24.4. The lowest BCUT2D eigenvalue weighted by Crippen LogP contribution is -2.49. The van der Waals surface area contributed by atoms with Gasteiger partial charge in [-0.3, -0.25) is 4.79 Å². The van der Waals surface area contributed by atoms with Gasteiger partial charge in [-0.15, -0.1) is 0 Å². The number of aromatic amines is 1. The molecule has 226 valence electrons. The number of carbonyl (C=O) groups is 1. The molecule has 2 aromatic carbocycles. The second kappa shape index (κ2) is 13.4. The molecule has 43 heavy (non-hydrogen) atoms. The molecule has 5 rings (SSSR count). The summed E-state index contributed by atoms with van der Waals surface area (Å²) in [6, 6.07) is 13.9. The Balaban J connectivity index is 1.33. The van der Waals surface area contributed by atoms with Gasteiger partial charge in [-0.2, -0.15) is 0 Å². The normalized spacial score (nSPS) is 18.5. The van der Waals surface area contributed by atoms with Crippen molar-refractivity contribution in [3.05, 3.63) is 83.8 Å². The SMILES string of the molecule is CN(C)CCCNC(=O)C1(C)COC(c2nc(-c3ccc(F)cc3)c(-c3ccnc(NCc4ccc(F)cc4)n3)[nH]2)OC1. The molecular weight excluding hydrogens is 556 g/mol. The lowest BCUT2D eigenvalue weighted by atomic mass is 9.91. The van der Waals surface area contributed by atoms with Crippen molar-refractivity contribution in [1.82, 2.24) is 30.2 Å². The molecule has 3 heterocycles. The molecule has 1 aliphatic heterocycles. The van der Waals surface area contributed by atoms with E-state index in [1.807, 2.05) is 21.0 Å². The Labute approximate surface area is 248 Å². The number of imidazole rings is 1.